The summed E-state index contributed by atoms with van der Waals surface area (Å²) in [5.74, 6) is 1.17. The summed E-state index contributed by atoms with van der Waals surface area (Å²) in [5, 5.41) is 0. The van der Waals surface area contributed by atoms with Crippen LogP contribution < -0.4 is 4.90 Å². The summed E-state index contributed by atoms with van der Waals surface area (Å²) >= 11 is 1.83. The molecule has 5 heteroatoms. The molecule has 1 amide bonds. The average molecular weight is 306 g/mol. The standard InChI is InChI=1S/C16H22N2O2S/c1-12-9-17(10-13(2)20-12)11-16(19)18-7-8-21-15-6-4-3-5-14(15)18/h3-6,12-13H,7-11H2,1-2H3/t12-,13-/m1/s1. The van der Waals surface area contributed by atoms with Gasteiger partial charge in [0, 0.05) is 30.3 Å². The van der Waals surface area contributed by atoms with Crippen molar-refractivity contribution in [3.63, 3.8) is 0 Å². The summed E-state index contributed by atoms with van der Waals surface area (Å²) in [6, 6.07) is 8.18. The lowest BCUT2D eigenvalue weighted by molar-refractivity contribution is -0.123. The molecule has 1 aromatic rings. The van der Waals surface area contributed by atoms with Gasteiger partial charge in [-0.2, -0.15) is 0 Å². The Morgan fingerprint density at radius 3 is 2.76 bits per heavy atom. The Hall–Kier alpha value is -1.04. The lowest BCUT2D eigenvalue weighted by atomic mass is 10.2. The van der Waals surface area contributed by atoms with Crippen molar-refractivity contribution in [1.29, 1.82) is 0 Å². The summed E-state index contributed by atoms with van der Waals surface area (Å²) in [6.07, 6.45) is 0.400. The minimum absolute atomic E-state index is 0.198. The van der Waals surface area contributed by atoms with Gasteiger partial charge in [0.25, 0.3) is 0 Å². The molecule has 114 valence electrons. The Labute approximate surface area is 130 Å². The molecule has 0 radical (unpaired) electrons. The number of anilines is 1. The Balaban J connectivity index is 1.69. The lowest BCUT2D eigenvalue weighted by Crippen LogP contribution is -2.50. The SMILES string of the molecule is C[C@@H]1CN(CC(=O)N2CCSc3ccccc32)C[C@@H](C)O1. The van der Waals surface area contributed by atoms with Crippen molar-refractivity contribution in [2.45, 2.75) is 31.0 Å². The largest absolute Gasteiger partial charge is 0.373 e. The van der Waals surface area contributed by atoms with Crippen LogP contribution in [0.25, 0.3) is 0 Å². The number of benzene rings is 1. The normalized spacial score (nSPS) is 26.5. The van der Waals surface area contributed by atoms with Gasteiger partial charge in [0.15, 0.2) is 0 Å². The summed E-state index contributed by atoms with van der Waals surface area (Å²) in [6.45, 7) is 7.09. The van der Waals surface area contributed by atoms with Gasteiger partial charge >= 0.3 is 0 Å². The van der Waals surface area contributed by atoms with Crippen LogP contribution in [-0.4, -0.2) is 54.9 Å². The number of rotatable bonds is 2. The van der Waals surface area contributed by atoms with Crippen LogP contribution >= 0.6 is 11.8 Å². The first-order chi connectivity index (χ1) is 10.1. The molecule has 0 spiro atoms. The van der Waals surface area contributed by atoms with Crippen molar-refractivity contribution in [3.8, 4) is 0 Å². The summed E-state index contributed by atoms with van der Waals surface area (Å²) in [7, 11) is 0. The third-order valence-electron chi connectivity index (χ3n) is 3.88. The van der Waals surface area contributed by atoms with E-state index < -0.39 is 0 Å². The number of thioether (sulfide) groups is 1. The summed E-state index contributed by atoms with van der Waals surface area (Å²) in [5.41, 5.74) is 1.06. The van der Waals surface area contributed by atoms with Crippen molar-refractivity contribution in [2.75, 3.05) is 36.8 Å². The van der Waals surface area contributed by atoms with E-state index in [2.05, 4.69) is 24.8 Å². The number of hydrogen-bond donors (Lipinski definition) is 0. The zero-order chi connectivity index (χ0) is 14.8. The zero-order valence-electron chi connectivity index (χ0n) is 12.6. The van der Waals surface area contributed by atoms with Gasteiger partial charge in [-0.3, -0.25) is 9.69 Å². The molecule has 2 aliphatic heterocycles. The average Bonchev–Trinajstić information content (AvgIpc) is 2.45. The molecular formula is C16H22N2O2S. The molecule has 1 fully saturated rings. The number of carbonyl (C=O) groups is 1. The van der Waals surface area contributed by atoms with E-state index in [4.69, 9.17) is 4.74 Å². The van der Waals surface area contributed by atoms with Crippen LogP contribution in [0.4, 0.5) is 5.69 Å². The number of para-hydroxylation sites is 1. The van der Waals surface area contributed by atoms with Gasteiger partial charge in [-0.1, -0.05) is 12.1 Å². The van der Waals surface area contributed by atoms with Gasteiger partial charge in [0.1, 0.15) is 0 Å². The molecule has 0 bridgehead atoms. The van der Waals surface area contributed by atoms with E-state index in [1.54, 1.807) is 0 Å². The maximum absolute atomic E-state index is 12.7. The van der Waals surface area contributed by atoms with Gasteiger partial charge in [-0.05, 0) is 26.0 Å². The molecule has 0 unspecified atom stereocenters. The molecule has 0 saturated carbocycles. The first-order valence-corrected chi connectivity index (χ1v) is 8.52. The molecule has 4 nitrogen and oxygen atoms in total. The van der Waals surface area contributed by atoms with E-state index in [0.717, 1.165) is 31.1 Å². The Kier molecular flexibility index (Phi) is 4.52. The second-order valence-electron chi connectivity index (χ2n) is 5.81. The predicted octanol–water partition coefficient (Wildman–Crippen LogP) is 2.23. The van der Waals surface area contributed by atoms with Crippen molar-refractivity contribution >= 4 is 23.4 Å². The minimum Gasteiger partial charge on any atom is -0.373 e. The van der Waals surface area contributed by atoms with E-state index in [1.807, 2.05) is 34.9 Å². The number of ether oxygens (including phenoxy) is 1. The van der Waals surface area contributed by atoms with Crippen molar-refractivity contribution in [1.82, 2.24) is 4.90 Å². The predicted molar refractivity (Wildman–Crippen MR) is 86.0 cm³/mol. The van der Waals surface area contributed by atoms with E-state index in [9.17, 15) is 4.79 Å². The first kappa shape index (κ1) is 14.9. The highest BCUT2D eigenvalue weighted by Gasteiger charge is 2.28. The van der Waals surface area contributed by atoms with Crippen LogP contribution in [0.2, 0.25) is 0 Å². The Morgan fingerprint density at radius 1 is 1.29 bits per heavy atom. The third-order valence-corrected chi connectivity index (χ3v) is 4.93. The molecule has 0 aliphatic carbocycles. The maximum atomic E-state index is 12.7. The van der Waals surface area contributed by atoms with Crippen LogP contribution in [0.5, 0.6) is 0 Å². The Bertz CT molecular complexity index is 513. The van der Waals surface area contributed by atoms with Gasteiger partial charge in [-0.25, -0.2) is 0 Å². The molecule has 1 aromatic carbocycles. The molecule has 2 heterocycles. The van der Waals surface area contributed by atoms with E-state index in [-0.39, 0.29) is 18.1 Å². The number of nitrogens with zero attached hydrogens (tertiary/aromatic N) is 2. The molecule has 2 atom stereocenters. The summed E-state index contributed by atoms with van der Waals surface area (Å²) < 4.78 is 5.73. The molecule has 0 aromatic heterocycles. The number of amides is 1. The number of carbonyl (C=O) groups excluding carboxylic acids is 1. The monoisotopic (exact) mass is 306 g/mol. The van der Waals surface area contributed by atoms with Crippen LogP contribution in [0.15, 0.2) is 29.2 Å². The number of fused-ring (bicyclic) bond motifs is 1. The van der Waals surface area contributed by atoms with Crippen LogP contribution in [-0.2, 0) is 9.53 Å². The van der Waals surface area contributed by atoms with Gasteiger partial charge in [0.05, 0.1) is 24.4 Å². The number of hydrogen-bond acceptors (Lipinski definition) is 4. The van der Waals surface area contributed by atoms with Gasteiger partial charge < -0.3 is 9.64 Å². The van der Waals surface area contributed by atoms with Crippen LogP contribution in [0, 0.1) is 0 Å². The second kappa shape index (κ2) is 6.38. The zero-order valence-corrected chi connectivity index (χ0v) is 13.4. The lowest BCUT2D eigenvalue weighted by Gasteiger charge is -2.36. The molecule has 0 N–H and O–H groups in total. The highest BCUT2D eigenvalue weighted by atomic mass is 32.2. The van der Waals surface area contributed by atoms with Crippen molar-refractivity contribution in [3.05, 3.63) is 24.3 Å². The molecular weight excluding hydrogens is 284 g/mol. The fourth-order valence-electron chi connectivity index (χ4n) is 3.12. The first-order valence-electron chi connectivity index (χ1n) is 7.53. The van der Waals surface area contributed by atoms with Crippen molar-refractivity contribution < 1.29 is 9.53 Å². The Morgan fingerprint density at radius 2 is 2.00 bits per heavy atom. The number of morpholine rings is 1. The quantitative estimate of drug-likeness (QED) is 0.839. The fourth-order valence-corrected chi connectivity index (χ4v) is 4.11. The second-order valence-corrected chi connectivity index (χ2v) is 6.95. The fraction of sp³-hybridized carbons (Fsp3) is 0.562. The third kappa shape index (κ3) is 3.42. The topological polar surface area (TPSA) is 32.8 Å². The van der Waals surface area contributed by atoms with E-state index in [1.165, 1.54) is 4.90 Å². The van der Waals surface area contributed by atoms with Crippen molar-refractivity contribution in [2.24, 2.45) is 0 Å². The highest BCUT2D eigenvalue weighted by molar-refractivity contribution is 7.99. The maximum Gasteiger partial charge on any atom is 0.241 e. The smallest absolute Gasteiger partial charge is 0.241 e. The van der Waals surface area contributed by atoms with Gasteiger partial charge in [-0.15, -0.1) is 11.8 Å². The minimum atomic E-state index is 0.198. The molecule has 21 heavy (non-hydrogen) atoms. The molecule has 1 saturated heterocycles. The highest BCUT2D eigenvalue weighted by Crippen LogP contribution is 2.34. The van der Waals surface area contributed by atoms with Crippen LogP contribution in [0.3, 0.4) is 0 Å². The van der Waals surface area contributed by atoms with E-state index in [0.29, 0.717) is 6.54 Å². The van der Waals surface area contributed by atoms with E-state index >= 15 is 0 Å². The summed E-state index contributed by atoms with van der Waals surface area (Å²) in [4.78, 5) is 18.0. The van der Waals surface area contributed by atoms with Gasteiger partial charge in [0.2, 0.25) is 5.91 Å². The van der Waals surface area contributed by atoms with Crippen LogP contribution in [0.1, 0.15) is 13.8 Å². The molecule has 2 aliphatic rings. The molecule has 3 rings (SSSR count).